The van der Waals surface area contributed by atoms with Gasteiger partial charge in [-0.15, -0.1) is 0 Å². The first kappa shape index (κ1) is 14.6. The Morgan fingerprint density at radius 3 is 2.55 bits per heavy atom. The molecule has 102 valence electrons. The molecule has 0 fully saturated rings. The predicted molar refractivity (Wildman–Crippen MR) is 78.6 cm³/mol. The predicted octanol–water partition coefficient (Wildman–Crippen LogP) is 4.73. The van der Waals surface area contributed by atoms with Crippen molar-refractivity contribution in [1.82, 2.24) is 0 Å². The van der Waals surface area contributed by atoms with Gasteiger partial charge in [0.15, 0.2) is 0 Å². The second-order valence-corrected chi connectivity index (χ2v) is 5.43. The number of hydrogen-bond acceptors (Lipinski definition) is 2. The number of rotatable bonds is 4. The minimum absolute atomic E-state index is 0.259. The topological polar surface area (TPSA) is 37.3 Å². The second kappa shape index (κ2) is 6.59. The molecule has 0 bridgehead atoms. The molecule has 5 heteroatoms. The number of hydrogen-bond donors (Lipinski definition) is 1. The van der Waals surface area contributed by atoms with Crippen LogP contribution in [-0.4, -0.2) is 11.1 Å². The molecule has 2 aromatic carbocycles. The molecule has 20 heavy (non-hydrogen) atoms. The van der Waals surface area contributed by atoms with Gasteiger partial charge in [0.2, 0.25) is 0 Å². The minimum Gasteiger partial charge on any atom is -0.478 e. The summed E-state index contributed by atoms with van der Waals surface area (Å²) in [5, 5.41) is 9.27. The van der Waals surface area contributed by atoms with Crippen LogP contribution in [0.3, 0.4) is 0 Å². The summed E-state index contributed by atoms with van der Waals surface area (Å²) >= 11 is 7.16. The van der Waals surface area contributed by atoms with Gasteiger partial charge in [-0.25, -0.2) is 9.18 Å². The molecule has 0 atom stereocenters. The standard InChI is InChI=1S/C15H10ClFO2S/c16-10-4-6-11(7-5-10)20-14-3-1-2-13(17)12(14)8-9-15(18)19/h1-9H,(H,18,19)/b9-8+. The zero-order chi connectivity index (χ0) is 14.5. The van der Waals surface area contributed by atoms with E-state index in [4.69, 9.17) is 16.7 Å². The van der Waals surface area contributed by atoms with Gasteiger partial charge in [-0.3, -0.25) is 0 Å². The van der Waals surface area contributed by atoms with Crippen LogP contribution in [-0.2, 0) is 4.79 Å². The highest BCUT2D eigenvalue weighted by Crippen LogP contribution is 2.32. The monoisotopic (exact) mass is 308 g/mol. The van der Waals surface area contributed by atoms with E-state index in [-0.39, 0.29) is 5.56 Å². The minimum atomic E-state index is -1.12. The molecule has 0 heterocycles. The Kier molecular flexibility index (Phi) is 4.82. The quantitative estimate of drug-likeness (QED) is 0.830. The van der Waals surface area contributed by atoms with Crippen molar-refractivity contribution in [3.63, 3.8) is 0 Å². The number of aliphatic carboxylic acids is 1. The van der Waals surface area contributed by atoms with E-state index in [2.05, 4.69) is 0 Å². The summed E-state index contributed by atoms with van der Waals surface area (Å²) < 4.78 is 13.8. The molecule has 0 saturated heterocycles. The first-order valence-corrected chi connectivity index (χ1v) is 6.88. The average molecular weight is 309 g/mol. The van der Waals surface area contributed by atoms with E-state index in [0.717, 1.165) is 11.0 Å². The number of carbonyl (C=O) groups is 1. The molecule has 0 aromatic heterocycles. The highest BCUT2D eigenvalue weighted by atomic mass is 35.5. The SMILES string of the molecule is O=C(O)/C=C/c1c(F)cccc1Sc1ccc(Cl)cc1. The molecule has 0 unspecified atom stereocenters. The van der Waals surface area contributed by atoms with Crippen molar-refractivity contribution in [3.05, 3.63) is 64.9 Å². The van der Waals surface area contributed by atoms with E-state index < -0.39 is 11.8 Å². The first-order valence-electron chi connectivity index (χ1n) is 5.69. The Labute approximate surface area is 124 Å². The maximum absolute atomic E-state index is 13.8. The molecule has 0 aliphatic carbocycles. The van der Waals surface area contributed by atoms with Gasteiger partial charge in [0.05, 0.1) is 0 Å². The summed E-state index contributed by atoms with van der Waals surface area (Å²) in [6, 6.07) is 11.8. The molecule has 0 amide bonds. The fourth-order valence-corrected chi connectivity index (χ4v) is 2.63. The third-order valence-corrected chi connectivity index (χ3v) is 3.78. The third kappa shape index (κ3) is 3.85. The van der Waals surface area contributed by atoms with Crippen LogP contribution >= 0.6 is 23.4 Å². The Morgan fingerprint density at radius 1 is 1.20 bits per heavy atom. The lowest BCUT2D eigenvalue weighted by molar-refractivity contribution is -0.131. The van der Waals surface area contributed by atoms with Crippen molar-refractivity contribution >= 4 is 35.4 Å². The number of carboxylic acid groups (broad SMARTS) is 1. The first-order chi connectivity index (χ1) is 9.56. The van der Waals surface area contributed by atoms with Crippen molar-refractivity contribution < 1.29 is 14.3 Å². The molecule has 2 nitrogen and oxygen atoms in total. The fourth-order valence-electron chi connectivity index (χ4n) is 1.55. The molecule has 1 N–H and O–H groups in total. The van der Waals surface area contributed by atoms with Crippen LogP contribution in [0.4, 0.5) is 4.39 Å². The summed E-state index contributed by atoms with van der Waals surface area (Å²) in [5.74, 6) is -1.57. The molecule has 0 aliphatic rings. The van der Waals surface area contributed by atoms with Crippen LogP contribution in [0.5, 0.6) is 0 Å². The van der Waals surface area contributed by atoms with Gasteiger partial charge in [0, 0.05) is 26.5 Å². The summed E-state index contributed by atoms with van der Waals surface area (Å²) in [6.07, 6.45) is 2.18. The lowest BCUT2D eigenvalue weighted by Gasteiger charge is -2.07. The summed E-state index contributed by atoms with van der Waals surface area (Å²) in [6.45, 7) is 0. The maximum Gasteiger partial charge on any atom is 0.328 e. The van der Waals surface area contributed by atoms with Crippen LogP contribution in [0.2, 0.25) is 5.02 Å². The second-order valence-electron chi connectivity index (χ2n) is 3.88. The van der Waals surface area contributed by atoms with E-state index in [0.29, 0.717) is 9.92 Å². The Bertz CT molecular complexity index is 653. The normalized spacial score (nSPS) is 10.9. The van der Waals surface area contributed by atoms with Gasteiger partial charge in [-0.2, -0.15) is 0 Å². The van der Waals surface area contributed by atoms with Gasteiger partial charge in [0.1, 0.15) is 5.82 Å². The van der Waals surface area contributed by atoms with Gasteiger partial charge in [0.25, 0.3) is 0 Å². The highest BCUT2D eigenvalue weighted by molar-refractivity contribution is 7.99. The van der Waals surface area contributed by atoms with E-state index in [1.165, 1.54) is 23.9 Å². The third-order valence-electron chi connectivity index (χ3n) is 2.45. The van der Waals surface area contributed by atoms with Crippen LogP contribution in [0.25, 0.3) is 6.08 Å². The lowest BCUT2D eigenvalue weighted by Crippen LogP contribution is -1.90. The Balaban J connectivity index is 2.33. The van der Waals surface area contributed by atoms with Crippen LogP contribution in [0.15, 0.2) is 58.3 Å². The smallest absolute Gasteiger partial charge is 0.328 e. The highest BCUT2D eigenvalue weighted by Gasteiger charge is 2.07. The molecule has 2 aromatic rings. The molecular weight excluding hydrogens is 299 g/mol. The zero-order valence-electron chi connectivity index (χ0n) is 10.2. The van der Waals surface area contributed by atoms with Crippen LogP contribution < -0.4 is 0 Å². The molecule has 0 radical (unpaired) electrons. The molecule has 2 rings (SSSR count). The van der Waals surface area contributed by atoms with Crippen molar-refractivity contribution in [1.29, 1.82) is 0 Å². The molecule has 0 aliphatic heterocycles. The number of benzene rings is 2. The largest absolute Gasteiger partial charge is 0.478 e. The maximum atomic E-state index is 13.8. The van der Waals surface area contributed by atoms with E-state index >= 15 is 0 Å². The van der Waals surface area contributed by atoms with E-state index in [1.807, 2.05) is 12.1 Å². The zero-order valence-corrected chi connectivity index (χ0v) is 11.8. The van der Waals surface area contributed by atoms with Crippen molar-refractivity contribution in [2.75, 3.05) is 0 Å². The van der Waals surface area contributed by atoms with E-state index in [1.54, 1.807) is 24.3 Å². The van der Waals surface area contributed by atoms with Gasteiger partial charge in [-0.1, -0.05) is 29.4 Å². The van der Waals surface area contributed by atoms with Crippen molar-refractivity contribution in [3.8, 4) is 0 Å². The molecular formula is C15H10ClFO2S. The van der Waals surface area contributed by atoms with Crippen LogP contribution in [0, 0.1) is 5.82 Å². The summed E-state index contributed by atoms with van der Waals surface area (Å²) in [7, 11) is 0. The van der Waals surface area contributed by atoms with Gasteiger partial charge >= 0.3 is 5.97 Å². The summed E-state index contributed by atoms with van der Waals surface area (Å²) in [5.41, 5.74) is 0.259. The molecule has 0 saturated carbocycles. The summed E-state index contributed by atoms with van der Waals surface area (Å²) in [4.78, 5) is 12.1. The fraction of sp³-hybridized carbons (Fsp3) is 0. The molecule has 0 spiro atoms. The average Bonchev–Trinajstić information content (AvgIpc) is 2.40. The lowest BCUT2D eigenvalue weighted by atomic mass is 10.2. The number of halogens is 2. The van der Waals surface area contributed by atoms with Gasteiger partial charge < -0.3 is 5.11 Å². The van der Waals surface area contributed by atoms with Gasteiger partial charge in [-0.05, 0) is 42.5 Å². The van der Waals surface area contributed by atoms with Crippen molar-refractivity contribution in [2.24, 2.45) is 0 Å². The Morgan fingerprint density at radius 2 is 1.90 bits per heavy atom. The van der Waals surface area contributed by atoms with E-state index in [9.17, 15) is 9.18 Å². The van der Waals surface area contributed by atoms with Crippen LogP contribution in [0.1, 0.15) is 5.56 Å². The number of carboxylic acids is 1. The Hall–Kier alpha value is -1.78. The van der Waals surface area contributed by atoms with Crippen molar-refractivity contribution in [2.45, 2.75) is 9.79 Å².